The van der Waals surface area contributed by atoms with Crippen molar-refractivity contribution in [1.82, 2.24) is 24.9 Å². The molecule has 6 nitrogen and oxygen atoms in total. The topological polar surface area (TPSA) is 63.9 Å². The molecule has 2 aromatic heterocycles. The molecule has 3 aromatic rings. The summed E-state index contributed by atoms with van der Waals surface area (Å²) in [5.74, 6) is 0.652. The van der Waals surface area contributed by atoms with Crippen LogP contribution in [0.5, 0.6) is 0 Å². The van der Waals surface area contributed by atoms with Crippen LogP contribution in [0.1, 0.15) is 34.2 Å². The number of halogens is 1. The van der Waals surface area contributed by atoms with Gasteiger partial charge in [-0.3, -0.25) is 4.79 Å². The summed E-state index contributed by atoms with van der Waals surface area (Å²) < 4.78 is 1.76. The molecule has 1 amide bonds. The number of hydrogen-bond acceptors (Lipinski definition) is 4. The van der Waals surface area contributed by atoms with Crippen molar-refractivity contribution in [2.24, 2.45) is 0 Å². The number of nitrogens with zero attached hydrogens (tertiary/aromatic N) is 5. The minimum Gasteiger partial charge on any atom is -0.329 e. The number of aryl methyl sites for hydroxylation is 1. The second-order valence-electron chi connectivity index (χ2n) is 6.51. The Labute approximate surface area is 156 Å². The van der Waals surface area contributed by atoms with Gasteiger partial charge in [0, 0.05) is 18.7 Å². The highest BCUT2D eigenvalue weighted by Crippen LogP contribution is 2.28. The van der Waals surface area contributed by atoms with Gasteiger partial charge >= 0.3 is 0 Å². The van der Waals surface area contributed by atoms with Crippen LogP contribution in [-0.4, -0.2) is 36.8 Å². The van der Waals surface area contributed by atoms with E-state index in [4.69, 9.17) is 11.6 Å². The molecule has 0 saturated carbocycles. The molecule has 26 heavy (non-hydrogen) atoms. The van der Waals surface area contributed by atoms with E-state index in [1.54, 1.807) is 21.8 Å². The maximum Gasteiger partial charge on any atom is 0.255 e. The lowest BCUT2D eigenvalue weighted by molar-refractivity contribution is 0.0653. The van der Waals surface area contributed by atoms with E-state index in [0.717, 1.165) is 22.8 Å². The van der Waals surface area contributed by atoms with Crippen molar-refractivity contribution in [3.63, 3.8) is 0 Å². The van der Waals surface area contributed by atoms with Crippen LogP contribution in [0.2, 0.25) is 5.02 Å². The zero-order chi connectivity index (χ0) is 18.3. The van der Waals surface area contributed by atoms with Crippen LogP contribution in [0.4, 0.5) is 0 Å². The number of pyridine rings is 1. The summed E-state index contributed by atoms with van der Waals surface area (Å²) in [6, 6.07) is 11.2. The average molecular weight is 368 g/mol. The summed E-state index contributed by atoms with van der Waals surface area (Å²) in [6.45, 7) is 4.34. The van der Waals surface area contributed by atoms with E-state index >= 15 is 0 Å². The fourth-order valence-electron chi connectivity index (χ4n) is 3.27. The van der Waals surface area contributed by atoms with Gasteiger partial charge in [0.25, 0.3) is 5.91 Å². The molecule has 1 atom stereocenters. The van der Waals surface area contributed by atoms with Gasteiger partial charge in [-0.2, -0.15) is 4.68 Å². The summed E-state index contributed by atoms with van der Waals surface area (Å²) >= 11 is 6.35. The predicted molar refractivity (Wildman–Crippen MR) is 98.4 cm³/mol. The van der Waals surface area contributed by atoms with Crippen molar-refractivity contribution in [1.29, 1.82) is 0 Å². The van der Waals surface area contributed by atoms with Crippen LogP contribution < -0.4 is 0 Å². The standard InChI is InChI=1S/C19H18ClN5O/c1-12-6-5-7-14(18(12)20)19(26)24-11-15-16(10-13(24)2)25(23-22-15)17-8-3-4-9-21-17/h3-9,13H,10-11H2,1-2H3/t13-/m1/s1. The maximum atomic E-state index is 13.0. The molecule has 0 aliphatic carbocycles. The molecule has 1 aliphatic heterocycles. The van der Waals surface area contributed by atoms with E-state index in [9.17, 15) is 4.79 Å². The lowest BCUT2D eigenvalue weighted by Gasteiger charge is -2.33. The number of aromatic nitrogens is 4. The predicted octanol–water partition coefficient (Wildman–Crippen LogP) is 3.21. The highest BCUT2D eigenvalue weighted by molar-refractivity contribution is 6.34. The molecule has 4 rings (SSSR count). The van der Waals surface area contributed by atoms with Crippen molar-refractivity contribution in [2.75, 3.05) is 0 Å². The number of amides is 1. The molecule has 3 heterocycles. The number of fused-ring (bicyclic) bond motifs is 1. The van der Waals surface area contributed by atoms with Gasteiger partial charge in [0.2, 0.25) is 0 Å². The van der Waals surface area contributed by atoms with Gasteiger partial charge < -0.3 is 4.90 Å². The molecular weight excluding hydrogens is 350 g/mol. The van der Waals surface area contributed by atoms with Crippen molar-refractivity contribution >= 4 is 17.5 Å². The average Bonchev–Trinajstić information content (AvgIpc) is 3.06. The normalized spacial score (nSPS) is 16.4. The third kappa shape index (κ3) is 2.76. The Bertz CT molecular complexity index is 969. The van der Waals surface area contributed by atoms with Crippen molar-refractivity contribution in [3.05, 3.63) is 70.1 Å². The molecule has 0 bridgehead atoms. The van der Waals surface area contributed by atoms with Crippen molar-refractivity contribution < 1.29 is 4.79 Å². The molecule has 7 heteroatoms. The molecule has 0 fully saturated rings. The van der Waals surface area contributed by atoms with E-state index < -0.39 is 0 Å². The van der Waals surface area contributed by atoms with Crippen LogP contribution in [0, 0.1) is 6.92 Å². The van der Waals surface area contributed by atoms with E-state index in [1.807, 2.05) is 44.2 Å². The van der Waals surface area contributed by atoms with Crippen LogP contribution in [-0.2, 0) is 13.0 Å². The summed E-state index contributed by atoms with van der Waals surface area (Å²) in [7, 11) is 0. The molecule has 1 aromatic carbocycles. The fraction of sp³-hybridized carbons (Fsp3) is 0.263. The first kappa shape index (κ1) is 16.7. The van der Waals surface area contributed by atoms with E-state index in [0.29, 0.717) is 23.6 Å². The number of benzene rings is 1. The van der Waals surface area contributed by atoms with Crippen LogP contribution in [0.15, 0.2) is 42.6 Å². The quantitative estimate of drug-likeness (QED) is 0.697. The van der Waals surface area contributed by atoms with Crippen LogP contribution in [0.3, 0.4) is 0 Å². The molecule has 132 valence electrons. The third-order valence-electron chi connectivity index (χ3n) is 4.73. The molecule has 0 N–H and O–H groups in total. The summed E-state index contributed by atoms with van der Waals surface area (Å²) in [5.41, 5.74) is 3.21. The van der Waals surface area contributed by atoms with Crippen LogP contribution >= 0.6 is 11.6 Å². The number of hydrogen-bond donors (Lipinski definition) is 0. The number of rotatable bonds is 2. The number of carbonyl (C=O) groups is 1. The lowest BCUT2D eigenvalue weighted by Crippen LogP contribution is -2.43. The highest BCUT2D eigenvalue weighted by atomic mass is 35.5. The second kappa shape index (κ2) is 6.53. The first-order valence-electron chi connectivity index (χ1n) is 8.47. The summed E-state index contributed by atoms with van der Waals surface area (Å²) in [6.07, 6.45) is 2.39. The smallest absolute Gasteiger partial charge is 0.255 e. The Kier molecular flexibility index (Phi) is 4.20. The van der Waals surface area contributed by atoms with Gasteiger partial charge in [0.05, 0.1) is 22.8 Å². The first-order chi connectivity index (χ1) is 12.6. The van der Waals surface area contributed by atoms with Gasteiger partial charge in [0.15, 0.2) is 5.82 Å². The zero-order valence-electron chi connectivity index (χ0n) is 14.6. The summed E-state index contributed by atoms with van der Waals surface area (Å²) in [4.78, 5) is 19.2. The minimum absolute atomic E-state index is 0.00698. The monoisotopic (exact) mass is 367 g/mol. The first-order valence-corrected chi connectivity index (χ1v) is 8.85. The second-order valence-corrected chi connectivity index (χ2v) is 6.88. The maximum absolute atomic E-state index is 13.0. The SMILES string of the molecule is Cc1cccc(C(=O)N2Cc3nnn(-c4ccccn4)c3C[C@H]2C)c1Cl. The molecule has 0 saturated heterocycles. The molecule has 0 radical (unpaired) electrons. The Morgan fingerprint density at radius 3 is 2.85 bits per heavy atom. The highest BCUT2D eigenvalue weighted by Gasteiger charge is 2.32. The van der Waals surface area contributed by atoms with Crippen molar-refractivity contribution in [2.45, 2.75) is 32.9 Å². The minimum atomic E-state index is -0.0794. The van der Waals surface area contributed by atoms with Crippen molar-refractivity contribution in [3.8, 4) is 5.82 Å². The van der Waals surface area contributed by atoms with Crippen LogP contribution in [0.25, 0.3) is 5.82 Å². The third-order valence-corrected chi connectivity index (χ3v) is 5.24. The van der Waals surface area contributed by atoms with Gasteiger partial charge in [-0.05, 0) is 37.6 Å². The van der Waals surface area contributed by atoms with Gasteiger partial charge in [-0.25, -0.2) is 4.98 Å². The van der Waals surface area contributed by atoms with Gasteiger partial charge in [-0.15, -0.1) is 5.10 Å². The van der Waals surface area contributed by atoms with E-state index in [2.05, 4.69) is 15.3 Å². The lowest BCUT2D eigenvalue weighted by atomic mass is 10.0. The Hall–Kier alpha value is -2.73. The number of carbonyl (C=O) groups excluding carboxylic acids is 1. The van der Waals surface area contributed by atoms with E-state index in [-0.39, 0.29) is 11.9 Å². The Morgan fingerprint density at radius 2 is 2.08 bits per heavy atom. The molecular formula is C19H18ClN5O. The van der Waals surface area contributed by atoms with E-state index in [1.165, 1.54) is 0 Å². The Balaban J connectivity index is 1.66. The molecule has 0 spiro atoms. The summed E-state index contributed by atoms with van der Waals surface area (Å²) in [5, 5.41) is 9.03. The Morgan fingerprint density at radius 1 is 1.23 bits per heavy atom. The molecule has 1 aliphatic rings. The largest absolute Gasteiger partial charge is 0.329 e. The van der Waals surface area contributed by atoms with Gasteiger partial charge in [0.1, 0.15) is 5.69 Å². The molecule has 0 unspecified atom stereocenters. The van der Waals surface area contributed by atoms with Gasteiger partial charge in [-0.1, -0.05) is 35.0 Å². The zero-order valence-corrected chi connectivity index (χ0v) is 15.3. The fourth-order valence-corrected chi connectivity index (χ4v) is 3.48.